The highest BCUT2D eigenvalue weighted by Gasteiger charge is 2.23. The maximum atomic E-state index is 13.2. The molecule has 26 heavy (non-hydrogen) atoms. The Kier molecular flexibility index (Phi) is 5.84. The van der Waals surface area contributed by atoms with Crippen LogP contribution >= 0.6 is 11.3 Å². The van der Waals surface area contributed by atoms with Crippen molar-refractivity contribution in [2.75, 3.05) is 24.5 Å². The molecule has 1 aromatic carbocycles. The number of thiazole rings is 1. The van der Waals surface area contributed by atoms with E-state index in [0.717, 1.165) is 43.2 Å². The molecule has 0 bridgehead atoms. The first-order valence-electron chi connectivity index (χ1n) is 8.13. The topological polar surface area (TPSA) is 91.4 Å². The Morgan fingerprint density at radius 3 is 2.77 bits per heavy atom. The zero-order valence-corrected chi connectivity index (χ0v) is 15.5. The van der Waals surface area contributed by atoms with E-state index >= 15 is 0 Å². The smallest absolute Gasteiger partial charge is 0.241 e. The van der Waals surface area contributed by atoms with Crippen LogP contribution in [0.1, 0.15) is 12.8 Å². The lowest BCUT2D eigenvalue weighted by Gasteiger charge is -2.32. The van der Waals surface area contributed by atoms with Gasteiger partial charge >= 0.3 is 0 Å². The van der Waals surface area contributed by atoms with E-state index in [1.54, 1.807) is 17.5 Å². The molecule has 0 atom stereocenters. The summed E-state index contributed by atoms with van der Waals surface area (Å²) in [4.78, 5) is 18.3. The van der Waals surface area contributed by atoms with E-state index in [4.69, 9.17) is 0 Å². The number of hydrogen-bond donors (Lipinski definition) is 2. The number of rotatable bonds is 6. The van der Waals surface area contributed by atoms with Crippen LogP contribution in [0.25, 0.3) is 0 Å². The third-order valence-corrected chi connectivity index (χ3v) is 6.31. The van der Waals surface area contributed by atoms with Gasteiger partial charge in [0.1, 0.15) is 5.82 Å². The van der Waals surface area contributed by atoms with Crippen molar-refractivity contribution in [3.05, 3.63) is 41.7 Å². The number of carbonyl (C=O) groups is 1. The van der Waals surface area contributed by atoms with Crippen LogP contribution in [0.4, 0.5) is 9.52 Å². The molecule has 2 N–H and O–H groups in total. The zero-order chi connectivity index (χ0) is 18.6. The lowest BCUT2D eigenvalue weighted by atomic mass is 10.1. The van der Waals surface area contributed by atoms with E-state index < -0.39 is 21.7 Å². The Hall–Kier alpha value is -2.04. The molecule has 1 amide bonds. The van der Waals surface area contributed by atoms with Crippen LogP contribution in [0, 0.1) is 5.82 Å². The highest BCUT2D eigenvalue weighted by Crippen LogP contribution is 2.21. The minimum atomic E-state index is -3.92. The second kappa shape index (κ2) is 8.11. The lowest BCUT2D eigenvalue weighted by Crippen LogP contribution is -2.47. The summed E-state index contributed by atoms with van der Waals surface area (Å²) >= 11 is 1.58. The molecule has 0 unspecified atom stereocenters. The van der Waals surface area contributed by atoms with Crippen LogP contribution in [-0.2, 0) is 14.8 Å². The van der Waals surface area contributed by atoms with Crippen molar-refractivity contribution in [3.8, 4) is 0 Å². The van der Waals surface area contributed by atoms with Crippen molar-refractivity contribution in [3.63, 3.8) is 0 Å². The molecule has 0 saturated carbocycles. The minimum absolute atomic E-state index is 0.00242. The first kappa shape index (κ1) is 18.7. The molecule has 1 fully saturated rings. The average Bonchev–Trinajstić information content (AvgIpc) is 3.15. The van der Waals surface area contributed by atoms with Crippen molar-refractivity contribution >= 4 is 32.4 Å². The number of piperidine rings is 1. The molecule has 0 aliphatic carbocycles. The summed E-state index contributed by atoms with van der Waals surface area (Å²) in [5.74, 6) is -1.05. The van der Waals surface area contributed by atoms with Gasteiger partial charge in [-0.25, -0.2) is 22.5 Å². The quantitative estimate of drug-likeness (QED) is 0.766. The van der Waals surface area contributed by atoms with E-state index in [-0.39, 0.29) is 17.5 Å². The average molecular weight is 398 g/mol. The molecule has 1 aliphatic rings. The van der Waals surface area contributed by atoms with Gasteiger partial charge in [0.2, 0.25) is 15.9 Å². The first-order valence-corrected chi connectivity index (χ1v) is 10.5. The molecule has 2 heterocycles. The molecule has 1 aliphatic heterocycles. The Morgan fingerprint density at radius 2 is 2.12 bits per heavy atom. The third kappa shape index (κ3) is 4.77. The third-order valence-electron chi connectivity index (χ3n) is 4.08. The molecule has 0 radical (unpaired) electrons. The summed E-state index contributed by atoms with van der Waals surface area (Å²) in [5, 5.41) is 5.73. The number of amides is 1. The molecular formula is C16H19FN4O3S2. The molecule has 0 spiro atoms. The second-order valence-electron chi connectivity index (χ2n) is 5.93. The number of carbonyl (C=O) groups excluding carboxylic acids is 1. The Balaban J connectivity index is 1.46. The van der Waals surface area contributed by atoms with Gasteiger partial charge in [-0.15, -0.1) is 11.3 Å². The highest BCUT2D eigenvalue weighted by molar-refractivity contribution is 7.89. The monoisotopic (exact) mass is 398 g/mol. The van der Waals surface area contributed by atoms with Crippen LogP contribution in [-0.4, -0.2) is 45.0 Å². The predicted molar refractivity (Wildman–Crippen MR) is 97.1 cm³/mol. The number of aromatic nitrogens is 1. The van der Waals surface area contributed by atoms with Gasteiger partial charge in [0.05, 0.1) is 11.4 Å². The largest absolute Gasteiger partial charge is 0.352 e. The van der Waals surface area contributed by atoms with E-state index in [2.05, 4.69) is 19.9 Å². The summed E-state index contributed by atoms with van der Waals surface area (Å²) in [6.07, 6.45) is 3.29. The van der Waals surface area contributed by atoms with Gasteiger partial charge in [0.25, 0.3) is 0 Å². The highest BCUT2D eigenvalue weighted by atomic mass is 32.2. The van der Waals surface area contributed by atoms with Crippen molar-refractivity contribution in [1.82, 2.24) is 15.0 Å². The number of nitrogens with one attached hydrogen (secondary N) is 2. The normalized spacial score (nSPS) is 15.8. The Morgan fingerprint density at radius 1 is 1.35 bits per heavy atom. The van der Waals surface area contributed by atoms with Gasteiger partial charge in [-0.1, -0.05) is 6.07 Å². The number of nitrogens with zero attached hydrogens (tertiary/aromatic N) is 2. The fourth-order valence-corrected chi connectivity index (χ4v) is 4.45. The van der Waals surface area contributed by atoms with Gasteiger partial charge in [0.15, 0.2) is 5.13 Å². The van der Waals surface area contributed by atoms with E-state index in [0.29, 0.717) is 0 Å². The summed E-state index contributed by atoms with van der Waals surface area (Å²) in [6, 6.07) is 4.65. The number of sulfonamides is 1. The molecule has 1 saturated heterocycles. The number of halogens is 1. The summed E-state index contributed by atoms with van der Waals surface area (Å²) in [6.45, 7) is 1.19. The fourth-order valence-electron chi connectivity index (χ4n) is 2.74. The van der Waals surface area contributed by atoms with E-state index in [9.17, 15) is 17.6 Å². The lowest BCUT2D eigenvalue weighted by molar-refractivity contribution is -0.120. The molecule has 2 aromatic rings. The molecule has 10 heteroatoms. The van der Waals surface area contributed by atoms with E-state index in [1.165, 1.54) is 12.1 Å². The van der Waals surface area contributed by atoms with Crippen LogP contribution in [0.3, 0.4) is 0 Å². The Bertz CT molecular complexity index is 850. The molecule has 1 aromatic heterocycles. The standard InChI is InChI=1S/C16H19FN4O3S2/c17-12-2-1-3-14(10-12)26(23,24)19-11-15(22)20-13-4-7-21(8-5-13)16-18-6-9-25-16/h1-3,6,9-10,13,19H,4-5,7-8,11H2,(H,20,22). The van der Waals surface area contributed by atoms with Gasteiger partial charge in [0, 0.05) is 30.7 Å². The van der Waals surface area contributed by atoms with Crippen LogP contribution in [0.15, 0.2) is 40.7 Å². The van der Waals surface area contributed by atoms with Crippen molar-refractivity contribution in [1.29, 1.82) is 0 Å². The van der Waals surface area contributed by atoms with Gasteiger partial charge in [-0.05, 0) is 31.0 Å². The van der Waals surface area contributed by atoms with Gasteiger partial charge in [-0.3, -0.25) is 4.79 Å². The summed E-state index contributed by atoms with van der Waals surface area (Å²) in [5.41, 5.74) is 0. The second-order valence-corrected chi connectivity index (χ2v) is 8.57. The van der Waals surface area contributed by atoms with Crippen molar-refractivity contribution < 1.29 is 17.6 Å². The maximum Gasteiger partial charge on any atom is 0.241 e. The fraction of sp³-hybridized carbons (Fsp3) is 0.375. The number of benzene rings is 1. The zero-order valence-electron chi connectivity index (χ0n) is 13.9. The van der Waals surface area contributed by atoms with Crippen LogP contribution in [0.2, 0.25) is 0 Å². The number of anilines is 1. The minimum Gasteiger partial charge on any atom is -0.352 e. The molecule has 3 rings (SSSR count). The van der Waals surface area contributed by atoms with Gasteiger partial charge < -0.3 is 10.2 Å². The number of hydrogen-bond acceptors (Lipinski definition) is 6. The molecule has 7 nitrogen and oxygen atoms in total. The predicted octanol–water partition coefficient (Wildman–Crippen LogP) is 1.35. The van der Waals surface area contributed by atoms with Crippen molar-refractivity contribution in [2.45, 2.75) is 23.8 Å². The molecule has 140 valence electrons. The summed E-state index contributed by atoms with van der Waals surface area (Å²) < 4.78 is 39.5. The maximum absolute atomic E-state index is 13.2. The van der Waals surface area contributed by atoms with Crippen LogP contribution in [0.5, 0.6) is 0 Å². The first-order chi connectivity index (χ1) is 12.4. The van der Waals surface area contributed by atoms with E-state index in [1.807, 2.05) is 5.38 Å². The SMILES string of the molecule is O=C(CNS(=O)(=O)c1cccc(F)c1)NC1CCN(c2nccs2)CC1. The van der Waals surface area contributed by atoms with Gasteiger partial charge in [-0.2, -0.15) is 0 Å². The summed E-state index contributed by atoms with van der Waals surface area (Å²) in [7, 11) is -3.92. The van der Waals surface area contributed by atoms with Crippen molar-refractivity contribution in [2.24, 2.45) is 0 Å². The Labute approximate surface area is 155 Å². The molecular weight excluding hydrogens is 379 g/mol. The van der Waals surface area contributed by atoms with Crippen LogP contribution < -0.4 is 14.9 Å².